The molecule has 1 aromatic carbocycles. The van der Waals surface area contributed by atoms with E-state index >= 15 is 0 Å². The minimum absolute atomic E-state index is 0.000407. The first-order valence-corrected chi connectivity index (χ1v) is 8.14. The Morgan fingerprint density at radius 3 is 2.81 bits per heavy atom. The number of hydrogen-bond acceptors (Lipinski definition) is 3. The van der Waals surface area contributed by atoms with E-state index in [4.69, 9.17) is 0 Å². The molecule has 2 N–H and O–H groups in total. The third-order valence-electron chi connectivity index (χ3n) is 3.93. The lowest BCUT2D eigenvalue weighted by atomic mass is 10.1. The summed E-state index contributed by atoms with van der Waals surface area (Å²) in [5, 5.41) is 2.15. The number of alkyl halides is 5. The Labute approximate surface area is 150 Å². The van der Waals surface area contributed by atoms with Gasteiger partial charge in [0.15, 0.2) is 0 Å². The number of carbonyl (C=O) groups is 1. The van der Waals surface area contributed by atoms with Crippen molar-refractivity contribution >= 4 is 17.1 Å². The van der Waals surface area contributed by atoms with E-state index in [1.165, 1.54) is 0 Å². The minimum atomic E-state index is -4.37. The first kappa shape index (κ1) is 19.3. The van der Waals surface area contributed by atoms with Crippen LogP contribution in [0.5, 0.6) is 0 Å². The van der Waals surface area contributed by atoms with Crippen molar-refractivity contribution in [3.8, 4) is 0 Å². The fourth-order valence-corrected chi connectivity index (χ4v) is 2.75. The van der Waals surface area contributed by atoms with Gasteiger partial charge in [0.25, 0.3) is 5.92 Å². The van der Waals surface area contributed by atoms with Crippen molar-refractivity contribution in [3.05, 3.63) is 29.6 Å². The second kappa shape index (κ2) is 7.29. The third kappa shape index (κ3) is 5.28. The summed E-state index contributed by atoms with van der Waals surface area (Å²) in [5.74, 6) is -2.54. The maximum Gasteiger partial charge on any atom is 0.411 e. The van der Waals surface area contributed by atoms with Gasteiger partial charge in [0.1, 0.15) is 12.4 Å². The number of H-pyrrole nitrogens is 1. The standard InChI is InChI=1S/C16H17F5N4O2/c17-15(18)7-22-14(26)25(8-15)6-10-1-2-11-12(5-10)24-13(23-11)3-4-27-9-16(19,20)21/h1-2,5H,3-4,6-9H2,(H,22,26)(H,23,24). The number of halogens is 5. The molecule has 3 rings (SSSR count). The lowest BCUT2D eigenvalue weighted by Crippen LogP contribution is -2.56. The van der Waals surface area contributed by atoms with Crippen molar-refractivity contribution in [2.45, 2.75) is 25.1 Å². The first-order chi connectivity index (χ1) is 12.6. The fourth-order valence-electron chi connectivity index (χ4n) is 2.75. The molecule has 2 heterocycles. The number of aromatic amines is 1. The van der Waals surface area contributed by atoms with Gasteiger partial charge in [0.2, 0.25) is 0 Å². The molecule has 2 amide bonds. The van der Waals surface area contributed by atoms with E-state index < -0.39 is 37.8 Å². The van der Waals surface area contributed by atoms with Crippen LogP contribution in [0.15, 0.2) is 18.2 Å². The van der Waals surface area contributed by atoms with Gasteiger partial charge in [0, 0.05) is 13.0 Å². The molecule has 0 aliphatic carbocycles. The Balaban J connectivity index is 1.62. The molecule has 0 spiro atoms. The van der Waals surface area contributed by atoms with Crippen molar-refractivity contribution in [2.24, 2.45) is 0 Å². The predicted molar refractivity (Wildman–Crippen MR) is 85.4 cm³/mol. The molecule has 1 aliphatic heterocycles. The van der Waals surface area contributed by atoms with Crippen LogP contribution in [-0.2, 0) is 17.7 Å². The Kier molecular flexibility index (Phi) is 5.22. The Hall–Kier alpha value is -2.43. The van der Waals surface area contributed by atoms with Crippen LogP contribution in [0.1, 0.15) is 11.4 Å². The largest absolute Gasteiger partial charge is 0.411 e. The van der Waals surface area contributed by atoms with Gasteiger partial charge in [-0.15, -0.1) is 0 Å². The van der Waals surface area contributed by atoms with E-state index in [-0.39, 0.29) is 19.6 Å². The Morgan fingerprint density at radius 2 is 2.07 bits per heavy atom. The van der Waals surface area contributed by atoms with Crippen LogP contribution in [0, 0.1) is 0 Å². The van der Waals surface area contributed by atoms with Crippen LogP contribution in [0.3, 0.4) is 0 Å². The molecular weight excluding hydrogens is 375 g/mol. The zero-order valence-electron chi connectivity index (χ0n) is 14.1. The lowest BCUT2D eigenvalue weighted by molar-refractivity contribution is -0.173. The molecule has 1 aliphatic rings. The minimum Gasteiger partial charge on any atom is -0.372 e. The van der Waals surface area contributed by atoms with Gasteiger partial charge in [-0.1, -0.05) is 6.07 Å². The summed E-state index contributed by atoms with van der Waals surface area (Å²) in [4.78, 5) is 20.0. The van der Waals surface area contributed by atoms with Gasteiger partial charge >= 0.3 is 12.2 Å². The molecule has 1 fully saturated rings. The summed E-state index contributed by atoms with van der Waals surface area (Å²) in [6, 6.07) is 4.42. The number of rotatable bonds is 6. The van der Waals surface area contributed by atoms with Gasteiger partial charge in [-0.25, -0.2) is 18.6 Å². The number of carbonyl (C=O) groups excluding carboxylic acids is 1. The summed E-state index contributed by atoms with van der Waals surface area (Å²) in [5.41, 5.74) is 1.80. The molecular formula is C16H17F5N4O2. The summed E-state index contributed by atoms with van der Waals surface area (Å²) in [6.07, 6.45) is -4.21. The highest BCUT2D eigenvalue weighted by molar-refractivity contribution is 5.77. The van der Waals surface area contributed by atoms with E-state index in [9.17, 15) is 26.7 Å². The second-order valence-electron chi connectivity index (χ2n) is 6.32. The zero-order valence-corrected chi connectivity index (χ0v) is 14.1. The molecule has 0 bridgehead atoms. The number of hydrogen-bond donors (Lipinski definition) is 2. The van der Waals surface area contributed by atoms with Crippen molar-refractivity contribution < 1.29 is 31.5 Å². The van der Waals surface area contributed by atoms with E-state index in [2.05, 4.69) is 20.0 Å². The molecule has 1 aromatic heterocycles. The highest BCUT2D eigenvalue weighted by Gasteiger charge is 2.38. The SMILES string of the molecule is O=C1NCC(F)(F)CN1Cc1ccc2nc(CCOCC(F)(F)F)[nH]c2c1. The topological polar surface area (TPSA) is 70.2 Å². The maximum absolute atomic E-state index is 13.5. The second-order valence-corrected chi connectivity index (χ2v) is 6.32. The molecule has 0 atom stereocenters. The molecule has 27 heavy (non-hydrogen) atoms. The van der Waals surface area contributed by atoms with Crippen molar-refractivity contribution in [2.75, 3.05) is 26.3 Å². The average molecular weight is 392 g/mol. The monoisotopic (exact) mass is 392 g/mol. The third-order valence-corrected chi connectivity index (χ3v) is 3.93. The molecule has 0 saturated carbocycles. The van der Waals surface area contributed by atoms with Crippen LogP contribution >= 0.6 is 0 Å². The van der Waals surface area contributed by atoms with Gasteiger partial charge < -0.3 is 19.9 Å². The number of urea groups is 1. The number of aromatic nitrogens is 2. The molecule has 148 valence electrons. The number of ether oxygens (including phenoxy) is 1. The van der Waals surface area contributed by atoms with Gasteiger partial charge in [0.05, 0.1) is 30.7 Å². The number of imidazole rings is 1. The van der Waals surface area contributed by atoms with Crippen LogP contribution in [0.4, 0.5) is 26.7 Å². The van der Waals surface area contributed by atoms with E-state index in [0.717, 1.165) is 4.90 Å². The predicted octanol–water partition coefficient (Wildman–Crippen LogP) is 2.84. The van der Waals surface area contributed by atoms with Crippen LogP contribution in [0.25, 0.3) is 11.0 Å². The quantitative estimate of drug-likeness (QED) is 0.587. The zero-order chi connectivity index (χ0) is 19.7. The van der Waals surface area contributed by atoms with Crippen LogP contribution in [-0.4, -0.2) is 59.3 Å². The average Bonchev–Trinajstić information content (AvgIpc) is 2.96. The number of nitrogens with one attached hydrogen (secondary N) is 2. The molecule has 0 unspecified atom stereocenters. The van der Waals surface area contributed by atoms with Crippen molar-refractivity contribution in [3.63, 3.8) is 0 Å². The fraction of sp³-hybridized carbons (Fsp3) is 0.500. The highest BCUT2D eigenvalue weighted by atomic mass is 19.4. The highest BCUT2D eigenvalue weighted by Crippen LogP contribution is 2.22. The maximum atomic E-state index is 13.5. The number of benzene rings is 1. The van der Waals surface area contributed by atoms with Crippen LogP contribution < -0.4 is 5.32 Å². The number of nitrogens with zero attached hydrogens (tertiary/aromatic N) is 2. The Morgan fingerprint density at radius 1 is 1.30 bits per heavy atom. The van der Waals surface area contributed by atoms with Crippen LogP contribution in [0.2, 0.25) is 0 Å². The summed E-state index contributed by atoms with van der Waals surface area (Å²) in [7, 11) is 0. The van der Waals surface area contributed by atoms with Gasteiger partial charge in [-0.3, -0.25) is 0 Å². The van der Waals surface area contributed by atoms with E-state index in [1.807, 2.05) is 0 Å². The first-order valence-electron chi connectivity index (χ1n) is 8.14. The van der Waals surface area contributed by atoms with Crippen molar-refractivity contribution in [1.82, 2.24) is 20.2 Å². The normalized spacial score (nSPS) is 17.4. The molecule has 6 nitrogen and oxygen atoms in total. The van der Waals surface area contributed by atoms with E-state index in [0.29, 0.717) is 22.4 Å². The van der Waals surface area contributed by atoms with Gasteiger partial charge in [-0.2, -0.15) is 13.2 Å². The number of amides is 2. The van der Waals surface area contributed by atoms with Gasteiger partial charge in [-0.05, 0) is 17.7 Å². The smallest absolute Gasteiger partial charge is 0.372 e. The summed E-state index contributed by atoms with van der Waals surface area (Å²) < 4.78 is 67.6. The summed E-state index contributed by atoms with van der Waals surface area (Å²) in [6.45, 7) is -2.81. The molecule has 1 saturated heterocycles. The summed E-state index contributed by atoms with van der Waals surface area (Å²) >= 11 is 0. The van der Waals surface area contributed by atoms with E-state index in [1.54, 1.807) is 18.2 Å². The number of fused-ring (bicyclic) bond motifs is 1. The van der Waals surface area contributed by atoms with Crippen molar-refractivity contribution in [1.29, 1.82) is 0 Å². The molecule has 0 radical (unpaired) electrons. The molecule has 11 heteroatoms. The molecule has 2 aromatic rings. The Bertz CT molecular complexity index is 821. The lowest BCUT2D eigenvalue weighted by Gasteiger charge is -2.32.